The molecule has 1 heterocycles. The van der Waals surface area contributed by atoms with Crippen LogP contribution in [0.4, 0.5) is 0 Å². The number of carbonyl (C=O) groups is 1. The molecule has 110 valence electrons. The van der Waals surface area contributed by atoms with Crippen molar-refractivity contribution in [1.29, 1.82) is 0 Å². The highest BCUT2D eigenvalue weighted by Crippen LogP contribution is 2.44. The van der Waals surface area contributed by atoms with E-state index >= 15 is 0 Å². The molecule has 0 spiro atoms. The van der Waals surface area contributed by atoms with Crippen molar-refractivity contribution >= 4 is 17.0 Å². The molecule has 0 bridgehead atoms. The molecule has 0 aliphatic heterocycles. The summed E-state index contributed by atoms with van der Waals surface area (Å²) in [6, 6.07) is 8.69. The summed E-state index contributed by atoms with van der Waals surface area (Å²) in [6.45, 7) is 0. The number of hydrogen-bond donors (Lipinski definition) is 1. The van der Waals surface area contributed by atoms with Gasteiger partial charge < -0.3 is 9.67 Å². The maximum atomic E-state index is 11.8. The van der Waals surface area contributed by atoms with Crippen LogP contribution in [-0.2, 0) is 11.2 Å². The smallest absolute Gasteiger partial charge is 0.310 e. The molecule has 2 aliphatic rings. The Hall–Kier alpha value is -1.84. The van der Waals surface area contributed by atoms with E-state index in [9.17, 15) is 9.90 Å². The number of hydrogen-bond acceptors (Lipinski definition) is 2. The topological polar surface area (TPSA) is 55.1 Å². The van der Waals surface area contributed by atoms with E-state index in [0.717, 1.165) is 42.5 Å². The van der Waals surface area contributed by atoms with Crippen molar-refractivity contribution in [3.8, 4) is 0 Å². The first-order valence-electron chi connectivity index (χ1n) is 7.89. The Kier molecular flexibility index (Phi) is 2.81. The van der Waals surface area contributed by atoms with E-state index in [1.54, 1.807) is 0 Å². The first-order valence-corrected chi connectivity index (χ1v) is 7.89. The van der Waals surface area contributed by atoms with Crippen molar-refractivity contribution in [3.05, 3.63) is 30.1 Å². The average molecular weight is 284 g/mol. The fraction of sp³-hybridized carbons (Fsp3) is 0.529. The number of imidazole rings is 1. The fourth-order valence-electron chi connectivity index (χ4n) is 3.78. The minimum absolute atomic E-state index is 0.527. The van der Waals surface area contributed by atoms with Crippen LogP contribution in [0.3, 0.4) is 0 Å². The normalized spacial score (nSPS) is 21.0. The van der Waals surface area contributed by atoms with E-state index in [4.69, 9.17) is 4.98 Å². The summed E-state index contributed by atoms with van der Waals surface area (Å²) in [6.07, 6.45) is 6.58. The molecule has 0 saturated heterocycles. The monoisotopic (exact) mass is 284 g/mol. The number of rotatable bonds is 4. The van der Waals surface area contributed by atoms with Gasteiger partial charge in [0.1, 0.15) is 5.82 Å². The van der Waals surface area contributed by atoms with Gasteiger partial charge in [-0.25, -0.2) is 4.98 Å². The van der Waals surface area contributed by atoms with Crippen LogP contribution in [0.2, 0.25) is 0 Å². The Morgan fingerprint density at radius 3 is 2.67 bits per heavy atom. The summed E-state index contributed by atoms with van der Waals surface area (Å²) < 4.78 is 2.30. The van der Waals surface area contributed by atoms with Gasteiger partial charge in [0.15, 0.2) is 0 Å². The Bertz CT molecular complexity index is 694. The quantitative estimate of drug-likeness (QED) is 0.934. The van der Waals surface area contributed by atoms with Crippen LogP contribution in [-0.4, -0.2) is 20.6 Å². The molecule has 0 radical (unpaired) electrons. The highest BCUT2D eigenvalue weighted by Gasteiger charge is 2.43. The fourth-order valence-corrected chi connectivity index (χ4v) is 3.78. The number of fused-ring (bicyclic) bond motifs is 1. The van der Waals surface area contributed by atoms with Crippen molar-refractivity contribution in [2.24, 2.45) is 5.41 Å². The third kappa shape index (κ3) is 2.04. The summed E-state index contributed by atoms with van der Waals surface area (Å²) in [7, 11) is 0. The van der Waals surface area contributed by atoms with Gasteiger partial charge in [-0.05, 0) is 37.8 Å². The van der Waals surface area contributed by atoms with Gasteiger partial charge in [-0.1, -0.05) is 25.0 Å². The lowest BCUT2D eigenvalue weighted by molar-refractivity contribution is -0.148. The molecule has 1 N–H and O–H groups in total. The molecule has 4 heteroatoms. The molecule has 0 unspecified atom stereocenters. The highest BCUT2D eigenvalue weighted by atomic mass is 16.4. The molecular formula is C17H20N2O2. The van der Waals surface area contributed by atoms with Gasteiger partial charge in [-0.3, -0.25) is 4.79 Å². The Morgan fingerprint density at radius 2 is 2.00 bits per heavy atom. The summed E-state index contributed by atoms with van der Waals surface area (Å²) >= 11 is 0. The number of carboxylic acid groups (broad SMARTS) is 1. The maximum Gasteiger partial charge on any atom is 0.310 e. The molecular weight excluding hydrogens is 264 g/mol. The summed E-state index contributed by atoms with van der Waals surface area (Å²) in [4.78, 5) is 16.6. The molecule has 21 heavy (non-hydrogen) atoms. The van der Waals surface area contributed by atoms with Gasteiger partial charge in [-0.15, -0.1) is 0 Å². The highest BCUT2D eigenvalue weighted by molar-refractivity contribution is 5.78. The molecule has 0 atom stereocenters. The first kappa shape index (κ1) is 12.9. The van der Waals surface area contributed by atoms with Gasteiger partial charge in [0.2, 0.25) is 0 Å². The number of benzene rings is 1. The molecule has 2 fully saturated rings. The van der Waals surface area contributed by atoms with Crippen LogP contribution in [0.1, 0.15) is 50.4 Å². The Morgan fingerprint density at radius 1 is 1.29 bits per heavy atom. The molecule has 2 saturated carbocycles. The van der Waals surface area contributed by atoms with Gasteiger partial charge in [-0.2, -0.15) is 0 Å². The minimum atomic E-state index is -0.644. The van der Waals surface area contributed by atoms with Crippen LogP contribution in [0.15, 0.2) is 24.3 Å². The first-order chi connectivity index (χ1) is 10.2. The molecule has 0 amide bonds. The van der Waals surface area contributed by atoms with Crippen LogP contribution < -0.4 is 0 Å². The molecule has 4 rings (SSSR count). The van der Waals surface area contributed by atoms with Gasteiger partial charge in [0.25, 0.3) is 0 Å². The van der Waals surface area contributed by atoms with Crippen LogP contribution in [0.25, 0.3) is 11.0 Å². The molecule has 1 aromatic heterocycles. The molecule has 2 aliphatic carbocycles. The van der Waals surface area contributed by atoms with E-state index in [1.165, 1.54) is 12.8 Å². The number of aliphatic carboxylic acids is 1. The van der Waals surface area contributed by atoms with E-state index in [-0.39, 0.29) is 0 Å². The van der Waals surface area contributed by atoms with Crippen molar-refractivity contribution in [3.63, 3.8) is 0 Å². The lowest BCUT2D eigenvalue weighted by Gasteiger charge is -2.23. The molecule has 4 nitrogen and oxygen atoms in total. The molecule has 2 aromatic rings. The Labute approximate surface area is 123 Å². The standard InChI is InChI=1S/C17H20N2O2/c20-16(21)17(9-3-4-10-17)11-15-18-13-5-1-2-6-14(13)19(15)12-7-8-12/h1-2,5-6,12H,3-4,7-11H2,(H,20,21). The zero-order chi connectivity index (χ0) is 14.4. The zero-order valence-electron chi connectivity index (χ0n) is 12.1. The van der Waals surface area contributed by atoms with Crippen molar-refractivity contribution in [2.45, 2.75) is 51.0 Å². The third-order valence-corrected chi connectivity index (χ3v) is 5.09. The molecule has 1 aromatic carbocycles. The minimum Gasteiger partial charge on any atom is -0.481 e. The number of para-hydroxylation sites is 2. The van der Waals surface area contributed by atoms with E-state index in [2.05, 4.69) is 10.6 Å². The van der Waals surface area contributed by atoms with Crippen LogP contribution in [0, 0.1) is 5.41 Å². The second-order valence-electron chi connectivity index (χ2n) is 6.59. The van der Waals surface area contributed by atoms with Crippen molar-refractivity contribution < 1.29 is 9.90 Å². The van der Waals surface area contributed by atoms with E-state index in [1.807, 2.05) is 18.2 Å². The third-order valence-electron chi connectivity index (χ3n) is 5.09. The van der Waals surface area contributed by atoms with E-state index in [0.29, 0.717) is 12.5 Å². The second-order valence-corrected chi connectivity index (χ2v) is 6.59. The lowest BCUT2D eigenvalue weighted by Crippen LogP contribution is -2.31. The number of carboxylic acids is 1. The summed E-state index contributed by atoms with van der Waals surface area (Å²) in [5.74, 6) is 0.331. The average Bonchev–Trinajstić information content (AvgIpc) is 3.07. The van der Waals surface area contributed by atoms with E-state index < -0.39 is 11.4 Å². The predicted molar refractivity (Wildman–Crippen MR) is 80.2 cm³/mol. The zero-order valence-corrected chi connectivity index (χ0v) is 12.1. The van der Waals surface area contributed by atoms with Gasteiger partial charge in [0, 0.05) is 12.5 Å². The lowest BCUT2D eigenvalue weighted by atomic mass is 9.82. The van der Waals surface area contributed by atoms with Crippen molar-refractivity contribution in [2.75, 3.05) is 0 Å². The SMILES string of the molecule is O=C(O)C1(Cc2nc3ccccc3n2C2CC2)CCCC1. The van der Waals surface area contributed by atoms with Crippen molar-refractivity contribution in [1.82, 2.24) is 9.55 Å². The Balaban J connectivity index is 1.79. The van der Waals surface area contributed by atoms with Gasteiger partial charge in [0.05, 0.1) is 16.4 Å². The largest absolute Gasteiger partial charge is 0.481 e. The number of aromatic nitrogens is 2. The second kappa shape index (κ2) is 4.58. The number of nitrogens with zero attached hydrogens (tertiary/aromatic N) is 2. The maximum absolute atomic E-state index is 11.8. The predicted octanol–water partition coefficient (Wildman–Crippen LogP) is 3.56. The van der Waals surface area contributed by atoms with Gasteiger partial charge >= 0.3 is 5.97 Å². The van der Waals surface area contributed by atoms with Crippen LogP contribution in [0.5, 0.6) is 0 Å². The van der Waals surface area contributed by atoms with Crippen LogP contribution >= 0.6 is 0 Å². The summed E-state index contributed by atoms with van der Waals surface area (Å²) in [5, 5.41) is 9.71. The summed E-state index contributed by atoms with van der Waals surface area (Å²) in [5.41, 5.74) is 1.57.